The van der Waals surface area contributed by atoms with E-state index in [1.54, 1.807) is 6.08 Å². The van der Waals surface area contributed by atoms with Crippen molar-refractivity contribution in [2.45, 2.75) is 12.3 Å². The second-order valence-corrected chi connectivity index (χ2v) is 5.80. The van der Waals surface area contributed by atoms with Crippen molar-refractivity contribution < 1.29 is 14.7 Å². The monoisotopic (exact) mass is 346 g/mol. The van der Waals surface area contributed by atoms with E-state index < -0.39 is 17.7 Å². The van der Waals surface area contributed by atoms with Crippen molar-refractivity contribution in [1.82, 2.24) is 5.32 Å². The Balaban J connectivity index is 1.97. The number of nitrogens with zero attached hydrogens (tertiary/aromatic N) is 1. The van der Waals surface area contributed by atoms with E-state index in [1.165, 1.54) is 6.08 Å². The molecule has 5 nitrogen and oxygen atoms in total. The Kier molecular flexibility index (Phi) is 5.39. The number of carbonyl (C=O) groups excluding carboxylic acids is 2. The minimum absolute atomic E-state index is 0.0173. The van der Waals surface area contributed by atoms with Crippen molar-refractivity contribution in [3.63, 3.8) is 0 Å². The van der Waals surface area contributed by atoms with Crippen LogP contribution < -0.4 is 5.32 Å². The molecule has 2 aromatic rings. The minimum atomic E-state index is -0.595. The zero-order valence-corrected chi connectivity index (χ0v) is 14.0. The maximum absolute atomic E-state index is 13.0. The van der Waals surface area contributed by atoms with Crippen molar-refractivity contribution in [2.24, 2.45) is 4.99 Å². The molecule has 2 aromatic carbocycles. The number of rotatable bonds is 3. The van der Waals surface area contributed by atoms with Gasteiger partial charge in [0.15, 0.2) is 0 Å². The molecule has 2 amide bonds. The van der Waals surface area contributed by atoms with Gasteiger partial charge in [-0.15, -0.1) is 0 Å². The van der Waals surface area contributed by atoms with E-state index in [0.717, 1.165) is 17.4 Å². The molecule has 26 heavy (non-hydrogen) atoms. The number of nitrogens with one attached hydrogen (secondary N) is 1. The predicted molar refractivity (Wildman–Crippen MR) is 99.8 cm³/mol. The van der Waals surface area contributed by atoms with Gasteiger partial charge in [-0.05, 0) is 17.2 Å². The molecule has 0 bridgehead atoms. The Morgan fingerprint density at radius 2 is 1.62 bits per heavy atom. The first-order valence-electron chi connectivity index (χ1n) is 8.22. The lowest BCUT2D eigenvalue weighted by Gasteiger charge is -2.14. The highest BCUT2D eigenvalue weighted by Crippen LogP contribution is 2.26. The summed E-state index contributed by atoms with van der Waals surface area (Å²) >= 11 is 0. The average Bonchev–Trinajstić information content (AvgIpc) is 2.85. The second-order valence-electron chi connectivity index (χ2n) is 5.80. The van der Waals surface area contributed by atoms with E-state index in [4.69, 9.17) is 5.11 Å². The molecular formula is C21H18N2O3. The van der Waals surface area contributed by atoms with Gasteiger partial charge in [0, 0.05) is 6.42 Å². The summed E-state index contributed by atoms with van der Waals surface area (Å²) in [6, 6.07) is 18.7. The Hall–Kier alpha value is -3.47. The number of hydrogen-bond donors (Lipinski definition) is 2. The molecule has 0 aromatic heterocycles. The third-order valence-electron chi connectivity index (χ3n) is 4.02. The fraction of sp³-hybridized carbons (Fsp3) is 0.0952. The van der Waals surface area contributed by atoms with E-state index in [1.807, 2.05) is 60.7 Å². The molecule has 5 heteroatoms. The number of aliphatic hydroxyl groups excluding tert-OH is 1. The van der Waals surface area contributed by atoms with Crippen LogP contribution in [0.2, 0.25) is 0 Å². The van der Waals surface area contributed by atoms with Gasteiger partial charge in [-0.25, -0.2) is 4.99 Å². The third-order valence-corrected chi connectivity index (χ3v) is 4.02. The van der Waals surface area contributed by atoms with Crippen LogP contribution in [0.3, 0.4) is 0 Å². The highest BCUT2D eigenvalue weighted by atomic mass is 16.2. The largest absolute Gasteiger partial charge is 0.514 e. The van der Waals surface area contributed by atoms with Crippen LogP contribution in [0.5, 0.6) is 0 Å². The first-order chi connectivity index (χ1) is 12.7. The van der Waals surface area contributed by atoms with Gasteiger partial charge in [0.05, 0.1) is 17.9 Å². The van der Waals surface area contributed by atoms with Crippen LogP contribution in [0.1, 0.15) is 23.5 Å². The van der Waals surface area contributed by atoms with Gasteiger partial charge in [-0.2, -0.15) is 0 Å². The van der Waals surface area contributed by atoms with Crippen LogP contribution in [0.4, 0.5) is 0 Å². The van der Waals surface area contributed by atoms with Crippen molar-refractivity contribution >= 4 is 17.5 Å². The molecule has 0 spiro atoms. The van der Waals surface area contributed by atoms with E-state index in [-0.39, 0.29) is 5.71 Å². The van der Waals surface area contributed by atoms with Gasteiger partial charge in [-0.3, -0.25) is 9.59 Å². The molecule has 2 N–H and O–H groups in total. The zero-order valence-electron chi connectivity index (χ0n) is 14.0. The highest BCUT2D eigenvalue weighted by molar-refractivity contribution is 6.45. The summed E-state index contributed by atoms with van der Waals surface area (Å²) in [4.78, 5) is 29.2. The fourth-order valence-electron chi connectivity index (χ4n) is 2.76. The highest BCUT2D eigenvalue weighted by Gasteiger charge is 2.24. The summed E-state index contributed by atoms with van der Waals surface area (Å²) in [5.74, 6) is -1.54. The Morgan fingerprint density at radius 1 is 1.04 bits per heavy atom. The Labute approximate surface area is 151 Å². The van der Waals surface area contributed by atoms with Gasteiger partial charge in [0.2, 0.25) is 0 Å². The molecule has 0 saturated heterocycles. The first kappa shape index (κ1) is 17.4. The smallest absolute Gasteiger partial charge is 0.274 e. The van der Waals surface area contributed by atoms with Crippen molar-refractivity contribution in [3.05, 3.63) is 95.9 Å². The summed E-state index contributed by atoms with van der Waals surface area (Å²) in [5, 5.41) is 11.6. The molecular weight excluding hydrogens is 328 g/mol. The molecule has 0 aliphatic carbocycles. The Morgan fingerprint density at radius 3 is 2.15 bits per heavy atom. The Bertz CT molecular complexity index is 844. The van der Waals surface area contributed by atoms with Crippen LogP contribution in [-0.4, -0.2) is 22.6 Å². The maximum Gasteiger partial charge on any atom is 0.274 e. The molecule has 1 aliphatic rings. The topological polar surface area (TPSA) is 78.8 Å². The molecule has 0 unspecified atom stereocenters. The van der Waals surface area contributed by atoms with Crippen LogP contribution in [0.15, 0.2) is 89.8 Å². The molecule has 1 heterocycles. The van der Waals surface area contributed by atoms with Crippen molar-refractivity contribution in [3.8, 4) is 0 Å². The summed E-state index contributed by atoms with van der Waals surface area (Å²) in [5.41, 5.74) is 1.99. The van der Waals surface area contributed by atoms with Gasteiger partial charge in [0.1, 0.15) is 5.71 Å². The number of hydrogen-bond acceptors (Lipinski definition) is 3. The van der Waals surface area contributed by atoms with Crippen LogP contribution >= 0.6 is 0 Å². The number of benzene rings is 2. The standard InChI is InChI=1S/C21H18N2O3/c24-14-17-12-7-13-18(20(25)22-17)23-21(26)19(15-8-3-1-4-9-15)16-10-5-2-6-11-16/h1-11,13-14,19,24H,12H2,(H,22,25). The molecule has 0 fully saturated rings. The average molecular weight is 346 g/mol. The number of allylic oxidation sites excluding steroid dienone is 1. The van der Waals surface area contributed by atoms with E-state index in [0.29, 0.717) is 12.1 Å². The molecule has 0 atom stereocenters. The predicted octanol–water partition coefficient (Wildman–Crippen LogP) is 3.26. The summed E-state index contributed by atoms with van der Waals surface area (Å²) in [7, 11) is 0. The third kappa shape index (κ3) is 3.95. The first-order valence-corrected chi connectivity index (χ1v) is 8.22. The lowest BCUT2D eigenvalue weighted by Crippen LogP contribution is -2.29. The summed E-state index contributed by atoms with van der Waals surface area (Å²) in [6.07, 6.45) is 4.36. The van der Waals surface area contributed by atoms with E-state index >= 15 is 0 Å². The molecule has 3 rings (SSSR count). The van der Waals surface area contributed by atoms with Crippen LogP contribution in [0, 0.1) is 0 Å². The lowest BCUT2D eigenvalue weighted by molar-refractivity contribution is -0.119. The van der Waals surface area contributed by atoms with Gasteiger partial charge < -0.3 is 10.4 Å². The van der Waals surface area contributed by atoms with Gasteiger partial charge in [-0.1, -0.05) is 66.7 Å². The number of amides is 2. The second kappa shape index (κ2) is 8.07. The molecule has 1 aliphatic heterocycles. The summed E-state index contributed by atoms with van der Waals surface area (Å²) in [6.45, 7) is 0. The van der Waals surface area contributed by atoms with Crippen LogP contribution in [-0.2, 0) is 9.59 Å². The number of aliphatic hydroxyl groups is 1. The normalized spacial score (nSPS) is 17.3. The minimum Gasteiger partial charge on any atom is -0.514 e. The van der Waals surface area contributed by atoms with E-state index in [2.05, 4.69) is 10.3 Å². The van der Waals surface area contributed by atoms with Crippen molar-refractivity contribution in [2.75, 3.05) is 0 Å². The fourth-order valence-corrected chi connectivity index (χ4v) is 2.76. The summed E-state index contributed by atoms with van der Waals surface area (Å²) < 4.78 is 0. The molecule has 0 saturated carbocycles. The van der Waals surface area contributed by atoms with Gasteiger partial charge >= 0.3 is 0 Å². The zero-order chi connectivity index (χ0) is 18.4. The number of carbonyl (C=O) groups is 2. The van der Waals surface area contributed by atoms with Crippen molar-refractivity contribution in [1.29, 1.82) is 0 Å². The molecule has 130 valence electrons. The molecule has 0 radical (unpaired) electrons. The maximum atomic E-state index is 13.0. The number of aliphatic imine (C=N–C) groups is 1. The lowest BCUT2D eigenvalue weighted by atomic mass is 9.90. The SMILES string of the molecule is O=C1NC(=CO)CC=CC1=NC(=O)C(c1ccccc1)c1ccccc1. The van der Waals surface area contributed by atoms with Crippen LogP contribution in [0.25, 0.3) is 0 Å². The quantitative estimate of drug-likeness (QED) is 0.837. The van der Waals surface area contributed by atoms with Gasteiger partial charge in [0.25, 0.3) is 11.8 Å². The van der Waals surface area contributed by atoms with E-state index in [9.17, 15) is 9.59 Å².